The summed E-state index contributed by atoms with van der Waals surface area (Å²) in [4.78, 5) is 14.1. The first-order valence-electron chi connectivity index (χ1n) is 6.93. The predicted molar refractivity (Wildman–Crippen MR) is 77.1 cm³/mol. The summed E-state index contributed by atoms with van der Waals surface area (Å²) >= 11 is 3.44. The number of carbonyl (C=O) groups is 1. The second-order valence-corrected chi connectivity index (χ2v) is 6.31. The van der Waals surface area contributed by atoms with Crippen molar-refractivity contribution in [1.29, 1.82) is 0 Å². The standard InChI is InChI=1S/C15H18BrNO2/c16-12-5-2-6-13(9-12)19-14-7-8-17(10-14)15(18)11-3-1-4-11/h2,5-6,9,11,14H,1,3-4,7-8,10H2. The molecule has 0 bridgehead atoms. The van der Waals surface area contributed by atoms with Crippen molar-refractivity contribution in [2.75, 3.05) is 13.1 Å². The van der Waals surface area contributed by atoms with Crippen LogP contribution in [0.1, 0.15) is 25.7 Å². The van der Waals surface area contributed by atoms with Gasteiger partial charge in [-0.2, -0.15) is 0 Å². The van der Waals surface area contributed by atoms with E-state index in [1.807, 2.05) is 29.2 Å². The number of rotatable bonds is 3. The Morgan fingerprint density at radius 2 is 2.16 bits per heavy atom. The number of carbonyl (C=O) groups excluding carboxylic acids is 1. The maximum Gasteiger partial charge on any atom is 0.225 e. The van der Waals surface area contributed by atoms with E-state index in [0.29, 0.717) is 11.8 Å². The van der Waals surface area contributed by atoms with Gasteiger partial charge in [-0.1, -0.05) is 28.4 Å². The van der Waals surface area contributed by atoms with Crippen LogP contribution in [0, 0.1) is 5.92 Å². The first-order chi connectivity index (χ1) is 9.22. The minimum atomic E-state index is 0.137. The van der Waals surface area contributed by atoms with Crippen LogP contribution in [0.3, 0.4) is 0 Å². The molecule has 19 heavy (non-hydrogen) atoms. The van der Waals surface area contributed by atoms with E-state index in [4.69, 9.17) is 4.74 Å². The molecule has 0 spiro atoms. The van der Waals surface area contributed by atoms with Crippen LogP contribution in [0.2, 0.25) is 0 Å². The summed E-state index contributed by atoms with van der Waals surface area (Å²) < 4.78 is 6.96. The summed E-state index contributed by atoms with van der Waals surface area (Å²) in [5.74, 6) is 1.51. The largest absolute Gasteiger partial charge is 0.488 e. The number of hydrogen-bond donors (Lipinski definition) is 0. The van der Waals surface area contributed by atoms with Crippen molar-refractivity contribution in [1.82, 2.24) is 4.90 Å². The Hall–Kier alpha value is -1.03. The lowest BCUT2D eigenvalue weighted by atomic mass is 9.84. The zero-order valence-corrected chi connectivity index (χ0v) is 12.4. The third-order valence-corrected chi connectivity index (χ3v) is 4.50. The molecule has 0 N–H and O–H groups in total. The fourth-order valence-corrected chi connectivity index (χ4v) is 3.05. The smallest absolute Gasteiger partial charge is 0.225 e. The van der Waals surface area contributed by atoms with Crippen LogP contribution in [0.25, 0.3) is 0 Å². The van der Waals surface area contributed by atoms with Crippen LogP contribution in [-0.2, 0) is 4.79 Å². The molecule has 1 unspecified atom stereocenters. The number of amides is 1. The third-order valence-electron chi connectivity index (χ3n) is 4.01. The van der Waals surface area contributed by atoms with Crippen molar-refractivity contribution in [3.8, 4) is 5.75 Å². The molecule has 1 saturated heterocycles. The number of hydrogen-bond acceptors (Lipinski definition) is 2. The van der Waals surface area contributed by atoms with E-state index < -0.39 is 0 Å². The molecule has 3 nitrogen and oxygen atoms in total. The van der Waals surface area contributed by atoms with Gasteiger partial charge in [-0.05, 0) is 31.0 Å². The summed E-state index contributed by atoms with van der Waals surface area (Å²) in [6, 6.07) is 7.87. The van der Waals surface area contributed by atoms with Gasteiger partial charge in [-0.15, -0.1) is 0 Å². The Bertz CT molecular complexity index is 473. The number of likely N-dealkylation sites (tertiary alicyclic amines) is 1. The molecule has 1 heterocycles. The molecule has 1 atom stereocenters. The van der Waals surface area contributed by atoms with Crippen molar-refractivity contribution in [2.24, 2.45) is 5.92 Å². The molecule has 1 aliphatic carbocycles. The molecule has 0 aromatic heterocycles. The van der Waals surface area contributed by atoms with Crippen LogP contribution in [0.15, 0.2) is 28.7 Å². The predicted octanol–water partition coefficient (Wildman–Crippen LogP) is 3.23. The zero-order valence-electron chi connectivity index (χ0n) is 10.8. The average molecular weight is 324 g/mol. The van der Waals surface area contributed by atoms with Gasteiger partial charge in [0.1, 0.15) is 11.9 Å². The maximum absolute atomic E-state index is 12.1. The second-order valence-electron chi connectivity index (χ2n) is 5.40. The Kier molecular flexibility index (Phi) is 3.78. The average Bonchev–Trinajstić information content (AvgIpc) is 2.75. The normalized spacial score (nSPS) is 23.2. The van der Waals surface area contributed by atoms with Crippen molar-refractivity contribution in [3.63, 3.8) is 0 Å². The van der Waals surface area contributed by atoms with Crippen molar-refractivity contribution >= 4 is 21.8 Å². The van der Waals surface area contributed by atoms with E-state index in [9.17, 15) is 4.79 Å². The van der Waals surface area contributed by atoms with Crippen LogP contribution in [0.4, 0.5) is 0 Å². The lowest BCUT2D eigenvalue weighted by Gasteiger charge is -2.29. The lowest BCUT2D eigenvalue weighted by molar-refractivity contribution is -0.137. The fraction of sp³-hybridized carbons (Fsp3) is 0.533. The Morgan fingerprint density at radius 3 is 2.84 bits per heavy atom. The van der Waals surface area contributed by atoms with Gasteiger partial charge in [0.15, 0.2) is 0 Å². The topological polar surface area (TPSA) is 29.5 Å². The minimum Gasteiger partial charge on any atom is -0.488 e. The lowest BCUT2D eigenvalue weighted by Crippen LogP contribution is -2.38. The zero-order chi connectivity index (χ0) is 13.2. The molecule has 102 valence electrons. The first kappa shape index (κ1) is 13.0. The van der Waals surface area contributed by atoms with Crippen LogP contribution < -0.4 is 4.74 Å². The van der Waals surface area contributed by atoms with Crippen molar-refractivity contribution in [2.45, 2.75) is 31.8 Å². The molecule has 1 aromatic carbocycles. The van der Waals surface area contributed by atoms with Gasteiger partial charge in [0.05, 0.1) is 6.54 Å². The highest BCUT2D eigenvalue weighted by Crippen LogP contribution is 2.30. The van der Waals surface area contributed by atoms with Crippen LogP contribution in [-0.4, -0.2) is 30.0 Å². The Labute approximate surface area is 122 Å². The number of benzene rings is 1. The molecule has 0 radical (unpaired) electrons. The number of halogens is 1. The highest BCUT2D eigenvalue weighted by atomic mass is 79.9. The Morgan fingerprint density at radius 1 is 1.32 bits per heavy atom. The van der Waals surface area contributed by atoms with Gasteiger partial charge in [0.25, 0.3) is 0 Å². The fourth-order valence-electron chi connectivity index (χ4n) is 2.67. The monoisotopic (exact) mass is 323 g/mol. The second kappa shape index (κ2) is 5.53. The number of nitrogens with zero attached hydrogens (tertiary/aromatic N) is 1. The highest BCUT2D eigenvalue weighted by Gasteiger charge is 2.34. The molecule has 1 aliphatic heterocycles. The van der Waals surface area contributed by atoms with E-state index >= 15 is 0 Å². The van der Waals surface area contributed by atoms with Gasteiger partial charge in [-0.25, -0.2) is 0 Å². The first-order valence-corrected chi connectivity index (χ1v) is 7.73. The van der Waals surface area contributed by atoms with Crippen LogP contribution in [0.5, 0.6) is 5.75 Å². The van der Waals surface area contributed by atoms with Gasteiger partial charge >= 0.3 is 0 Å². The third kappa shape index (κ3) is 2.94. The molecule has 1 amide bonds. The maximum atomic E-state index is 12.1. The summed E-state index contributed by atoms with van der Waals surface area (Å²) in [6.07, 6.45) is 4.44. The van der Waals surface area contributed by atoms with Gasteiger partial charge in [0.2, 0.25) is 5.91 Å². The summed E-state index contributed by atoms with van der Waals surface area (Å²) in [6.45, 7) is 1.58. The molecule has 4 heteroatoms. The molecular formula is C15H18BrNO2. The van der Waals surface area contributed by atoms with E-state index in [0.717, 1.165) is 42.6 Å². The van der Waals surface area contributed by atoms with E-state index in [-0.39, 0.29) is 6.10 Å². The SMILES string of the molecule is O=C(C1CCC1)N1CCC(Oc2cccc(Br)c2)C1. The van der Waals surface area contributed by atoms with Crippen molar-refractivity contribution < 1.29 is 9.53 Å². The van der Waals surface area contributed by atoms with E-state index in [2.05, 4.69) is 15.9 Å². The summed E-state index contributed by atoms with van der Waals surface area (Å²) in [5, 5.41) is 0. The molecule has 2 fully saturated rings. The van der Waals surface area contributed by atoms with Gasteiger partial charge in [-0.3, -0.25) is 4.79 Å². The van der Waals surface area contributed by atoms with Gasteiger partial charge in [0, 0.05) is 23.4 Å². The minimum absolute atomic E-state index is 0.137. The summed E-state index contributed by atoms with van der Waals surface area (Å²) in [5.41, 5.74) is 0. The quantitative estimate of drug-likeness (QED) is 0.854. The number of ether oxygens (including phenoxy) is 1. The van der Waals surface area contributed by atoms with Crippen LogP contribution >= 0.6 is 15.9 Å². The molecule has 1 aromatic rings. The van der Waals surface area contributed by atoms with E-state index in [1.165, 1.54) is 6.42 Å². The highest BCUT2D eigenvalue weighted by molar-refractivity contribution is 9.10. The van der Waals surface area contributed by atoms with Crippen molar-refractivity contribution in [3.05, 3.63) is 28.7 Å². The molecule has 1 saturated carbocycles. The molecule has 2 aliphatic rings. The van der Waals surface area contributed by atoms with E-state index in [1.54, 1.807) is 0 Å². The van der Waals surface area contributed by atoms with Gasteiger partial charge < -0.3 is 9.64 Å². The molecule has 3 rings (SSSR count). The molecular weight excluding hydrogens is 306 g/mol. The Balaban J connectivity index is 1.55. The summed E-state index contributed by atoms with van der Waals surface area (Å²) in [7, 11) is 0.